The first-order chi connectivity index (χ1) is 9.81. The molecule has 1 aromatic rings. The molecule has 2 aliphatic rings. The number of rotatable bonds is 3. The van der Waals surface area contributed by atoms with E-state index in [1.165, 1.54) is 30.5 Å². The van der Waals surface area contributed by atoms with Crippen LogP contribution in [0.5, 0.6) is 0 Å². The molecule has 1 aromatic heterocycles. The van der Waals surface area contributed by atoms with Gasteiger partial charge in [0.05, 0.1) is 5.56 Å². The highest BCUT2D eigenvalue weighted by atomic mass is 15.2. The highest BCUT2D eigenvalue weighted by Crippen LogP contribution is 2.29. The molecule has 1 atom stereocenters. The van der Waals surface area contributed by atoms with E-state index in [9.17, 15) is 5.26 Å². The largest absolute Gasteiger partial charge is 0.355 e. The second-order valence-corrected chi connectivity index (χ2v) is 5.94. The van der Waals surface area contributed by atoms with E-state index in [1.54, 1.807) is 0 Å². The Kier molecular flexibility index (Phi) is 3.88. The Morgan fingerprint density at radius 3 is 3.15 bits per heavy atom. The minimum Gasteiger partial charge on any atom is -0.355 e. The monoisotopic (exact) mass is 270 g/mol. The van der Waals surface area contributed by atoms with Crippen LogP contribution in [0.1, 0.15) is 36.1 Å². The molecule has 3 rings (SSSR count). The lowest BCUT2D eigenvalue weighted by atomic mass is 9.97. The third kappa shape index (κ3) is 2.51. The number of pyridine rings is 1. The third-order valence-corrected chi connectivity index (χ3v) is 4.46. The summed E-state index contributed by atoms with van der Waals surface area (Å²) in [5.41, 5.74) is 3.26. The number of aryl methyl sites for hydroxylation is 2. The number of nitriles is 1. The normalized spacial score (nSPS) is 21.6. The van der Waals surface area contributed by atoms with Crippen molar-refractivity contribution in [3.05, 3.63) is 22.9 Å². The quantitative estimate of drug-likeness (QED) is 0.911. The van der Waals surface area contributed by atoms with Gasteiger partial charge in [-0.3, -0.25) is 0 Å². The lowest BCUT2D eigenvalue weighted by Gasteiger charge is -2.34. The van der Waals surface area contributed by atoms with Gasteiger partial charge in [0.25, 0.3) is 0 Å². The van der Waals surface area contributed by atoms with Gasteiger partial charge >= 0.3 is 0 Å². The molecule has 0 amide bonds. The van der Waals surface area contributed by atoms with Gasteiger partial charge in [-0.2, -0.15) is 5.26 Å². The first-order valence-corrected chi connectivity index (χ1v) is 7.64. The van der Waals surface area contributed by atoms with Crippen LogP contribution in [-0.4, -0.2) is 31.7 Å². The van der Waals surface area contributed by atoms with Gasteiger partial charge in [0.15, 0.2) is 0 Å². The number of piperidine rings is 1. The molecule has 4 nitrogen and oxygen atoms in total. The minimum absolute atomic E-state index is 0.662. The Hall–Kier alpha value is -1.60. The summed E-state index contributed by atoms with van der Waals surface area (Å²) in [7, 11) is 2.01. The summed E-state index contributed by atoms with van der Waals surface area (Å²) in [5, 5.41) is 12.7. The Bertz CT molecular complexity index is 530. The Balaban J connectivity index is 1.87. The van der Waals surface area contributed by atoms with Crippen molar-refractivity contribution in [1.29, 1.82) is 5.26 Å². The number of hydrogen-bond acceptors (Lipinski definition) is 4. The second-order valence-electron chi connectivity index (χ2n) is 5.94. The fourth-order valence-corrected chi connectivity index (χ4v) is 3.50. The van der Waals surface area contributed by atoms with E-state index in [2.05, 4.69) is 22.4 Å². The molecule has 1 fully saturated rings. The summed E-state index contributed by atoms with van der Waals surface area (Å²) in [6, 6.07) is 4.43. The van der Waals surface area contributed by atoms with Crippen molar-refractivity contribution < 1.29 is 0 Å². The zero-order chi connectivity index (χ0) is 13.9. The van der Waals surface area contributed by atoms with Crippen molar-refractivity contribution in [2.24, 2.45) is 5.92 Å². The molecule has 1 unspecified atom stereocenters. The average Bonchev–Trinajstić information content (AvgIpc) is 2.93. The van der Waals surface area contributed by atoms with Crippen LogP contribution in [0.15, 0.2) is 6.07 Å². The molecule has 106 valence electrons. The molecule has 1 aliphatic heterocycles. The molecular weight excluding hydrogens is 248 g/mol. The molecule has 0 saturated carbocycles. The zero-order valence-electron chi connectivity index (χ0n) is 12.2. The highest BCUT2D eigenvalue weighted by molar-refractivity contribution is 5.57. The topological polar surface area (TPSA) is 52.0 Å². The van der Waals surface area contributed by atoms with Gasteiger partial charge in [0.2, 0.25) is 0 Å². The molecule has 0 aromatic carbocycles. The first-order valence-electron chi connectivity index (χ1n) is 7.64. The summed E-state index contributed by atoms with van der Waals surface area (Å²) in [6.07, 6.45) is 5.79. The Morgan fingerprint density at radius 1 is 1.45 bits per heavy atom. The summed E-state index contributed by atoms with van der Waals surface area (Å²) >= 11 is 0. The third-order valence-electron chi connectivity index (χ3n) is 4.46. The zero-order valence-corrected chi connectivity index (χ0v) is 12.2. The van der Waals surface area contributed by atoms with Crippen LogP contribution in [0.4, 0.5) is 5.82 Å². The van der Waals surface area contributed by atoms with Gasteiger partial charge in [-0.05, 0) is 63.2 Å². The maximum atomic E-state index is 9.42. The fourth-order valence-electron chi connectivity index (χ4n) is 3.50. The van der Waals surface area contributed by atoms with E-state index in [1.807, 2.05) is 7.05 Å². The lowest BCUT2D eigenvalue weighted by Crippen LogP contribution is -2.40. The van der Waals surface area contributed by atoms with Crippen molar-refractivity contribution in [3.8, 4) is 6.07 Å². The van der Waals surface area contributed by atoms with Crippen molar-refractivity contribution in [1.82, 2.24) is 10.3 Å². The number of nitrogens with zero attached hydrogens (tertiary/aromatic N) is 3. The van der Waals surface area contributed by atoms with Gasteiger partial charge in [0, 0.05) is 18.8 Å². The van der Waals surface area contributed by atoms with Crippen LogP contribution in [0, 0.1) is 17.2 Å². The number of hydrogen-bond donors (Lipinski definition) is 1. The van der Waals surface area contributed by atoms with Gasteiger partial charge in [-0.25, -0.2) is 4.98 Å². The van der Waals surface area contributed by atoms with Crippen LogP contribution in [0.3, 0.4) is 0 Å². The van der Waals surface area contributed by atoms with E-state index in [-0.39, 0.29) is 0 Å². The number of nitrogens with one attached hydrogen (secondary N) is 1. The standard InChI is InChI=1S/C16H22N4/c1-18-10-12-4-3-7-20(11-12)16-14(9-17)8-13-5-2-6-15(13)19-16/h8,12,18H,2-7,10-11H2,1H3. The fraction of sp³-hybridized carbons (Fsp3) is 0.625. The van der Waals surface area contributed by atoms with Crippen LogP contribution < -0.4 is 10.2 Å². The van der Waals surface area contributed by atoms with Crippen molar-refractivity contribution >= 4 is 5.82 Å². The molecule has 2 heterocycles. The molecule has 20 heavy (non-hydrogen) atoms. The van der Waals surface area contributed by atoms with Crippen molar-refractivity contribution in [3.63, 3.8) is 0 Å². The molecule has 1 aliphatic carbocycles. The predicted molar refractivity (Wildman–Crippen MR) is 79.8 cm³/mol. The summed E-state index contributed by atoms with van der Waals surface area (Å²) in [6.45, 7) is 3.09. The lowest BCUT2D eigenvalue weighted by molar-refractivity contribution is 0.401. The van der Waals surface area contributed by atoms with E-state index < -0.39 is 0 Å². The number of aromatic nitrogens is 1. The van der Waals surface area contributed by atoms with Gasteiger partial charge in [0.1, 0.15) is 11.9 Å². The van der Waals surface area contributed by atoms with Gasteiger partial charge < -0.3 is 10.2 Å². The molecule has 0 spiro atoms. The summed E-state index contributed by atoms with van der Waals surface area (Å²) < 4.78 is 0. The Morgan fingerprint density at radius 2 is 2.35 bits per heavy atom. The number of fused-ring (bicyclic) bond motifs is 1. The van der Waals surface area contributed by atoms with Gasteiger partial charge in [-0.1, -0.05) is 0 Å². The van der Waals surface area contributed by atoms with Crippen LogP contribution in [0.25, 0.3) is 0 Å². The Labute approximate surface area is 120 Å². The van der Waals surface area contributed by atoms with E-state index >= 15 is 0 Å². The maximum absolute atomic E-state index is 9.42. The van der Waals surface area contributed by atoms with Crippen LogP contribution >= 0.6 is 0 Å². The van der Waals surface area contributed by atoms with Crippen molar-refractivity contribution in [2.75, 3.05) is 31.6 Å². The summed E-state index contributed by atoms with van der Waals surface area (Å²) in [5.74, 6) is 1.59. The smallest absolute Gasteiger partial charge is 0.146 e. The summed E-state index contributed by atoms with van der Waals surface area (Å²) in [4.78, 5) is 7.15. The molecular formula is C16H22N4. The van der Waals surface area contributed by atoms with E-state index in [0.717, 1.165) is 43.9 Å². The first kappa shape index (κ1) is 13.4. The van der Waals surface area contributed by atoms with Crippen LogP contribution in [0.2, 0.25) is 0 Å². The maximum Gasteiger partial charge on any atom is 0.146 e. The highest BCUT2D eigenvalue weighted by Gasteiger charge is 2.24. The average molecular weight is 270 g/mol. The van der Waals surface area contributed by atoms with E-state index in [0.29, 0.717) is 5.92 Å². The van der Waals surface area contributed by atoms with Gasteiger partial charge in [-0.15, -0.1) is 0 Å². The predicted octanol–water partition coefficient (Wildman–Crippen LogP) is 1.88. The minimum atomic E-state index is 0.662. The molecule has 4 heteroatoms. The second kappa shape index (κ2) is 5.80. The SMILES string of the molecule is CNCC1CCCN(c2nc3c(cc2C#N)CCC3)C1. The van der Waals surface area contributed by atoms with Crippen LogP contribution in [-0.2, 0) is 12.8 Å². The molecule has 1 saturated heterocycles. The van der Waals surface area contributed by atoms with Crippen molar-refractivity contribution in [2.45, 2.75) is 32.1 Å². The van der Waals surface area contributed by atoms with E-state index in [4.69, 9.17) is 4.98 Å². The molecule has 0 radical (unpaired) electrons. The molecule has 1 N–H and O–H groups in total. The molecule has 0 bridgehead atoms. The number of anilines is 1.